The second kappa shape index (κ2) is 9.07. The number of amides is 2. The summed E-state index contributed by atoms with van der Waals surface area (Å²) in [5.74, 6) is 0.547. The van der Waals surface area contributed by atoms with Crippen LogP contribution in [-0.4, -0.2) is 43.7 Å². The van der Waals surface area contributed by atoms with Crippen LogP contribution >= 0.6 is 0 Å². The lowest BCUT2D eigenvalue weighted by Crippen LogP contribution is -2.43. The summed E-state index contributed by atoms with van der Waals surface area (Å²) in [6.45, 7) is 1.10. The van der Waals surface area contributed by atoms with Gasteiger partial charge in [0.15, 0.2) is 11.1 Å². The van der Waals surface area contributed by atoms with Crippen LogP contribution in [0.3, 0.4) is 0 Å². The highest BCUT2D eigenvalue weighted by molar-refractivity contribution is 7.79. The van der Waals surface area contributed by atoms with Crippen molar-refractivity contribution in [1.82, 2.24) is 15.3 Å². The van der Waals surface area contributed by atoms with Crippen LogP contribution in [0.5, 0.6) is 0 Å². The molecule has 2 N–H and O–H groups in total. The van der Waals surface area contributed by atoms with Crippen molar-refractivity contribution in [3.63, 3.8) is 0 Å². The zero-order valence-corrected chi connectivity index (χ0v) is 17.2. The first-order chi connectivity index (χ1) is 14.1. The average molecular weight is 414 g/mol. The lowest BCUT2D eigenvalue weighted by Gasteiger charge is -2.23. The van der Waals surface area contributed by atoms with Gasteiger partial charge in [0.1, 0.15) is 5.88 Å². The predicted octanol–water partition coefficient (Wildman–Crippen LogP) is 3.66. The first kappa shape index (κ1) is 20.1. The van der Waals surface area contributed by atoms with Gasteiger partial charge < -0.3 is 9.45 Å². The van der Waals surface area contributed by atoms with Crippen LogP contribution in [0.25, 0.3) is 0 Å². The molecule has 1 saturated carbocycles. The Morgan fingerprint density at radius 1 is 1.03 bits per heavy atom. The second-order valence-electron chi connectivity index (χ2n) is 7.76. The van der Waals surface area contributed by atoms with Gasteiger partial charge in [-0.15, -0.1) is 0 Å². The predicted molar refractivity (Wildman–Crippen MR) is 114 cm³/mol. The maximum absolute atomic E-state index is 12.9. The fraction of sp³-hybridized carbons (Fsp3) is 0.409. The Labute approximate surface area is 174 Å². The second-order valence-corrected chi connectivity index (χ2v) is 8.69. The number of benzene rings is 2. The Balaban J connectivity index is 1.45. The molecule has 1 saturated heterocycles. The van der Waals surface area contributed by atoms with Gasteiger partial charge in [0.25, 0.3) is 0 Å². The normalized spacial score (nSPS) is 20.3. The monoisotopic (exact) mass is 413 g/mol. The van der Waals surface area contributed by atoms with E-state index in [-0.39, 0.29) is 17.9 Å². The summed E-state index contributed by atoms with van der Waals surface area (Å²) in [6.07, 6.45) is 4.31. The smallest absolute Gasteiger partial charge is 0.315 e. The fourth-order valence-electron chi connectivity index (χ4n) is 3.95. The third-order valence-corrected chi connectivity index (χ3v) is 6.04. The van der Waals surface area contributed by atoms with Gasteiger partial charge >= 0.3 is 6.03 Å². The van der Waals surface area contributed by atoms with Crippen LogP contribution in [0.4, 0.5) is 4.79 Å². The molecule has 2 aromatic carbocycles. The number of aryl methyl sites for hydroxylation is 1. The molecule has 2 aliphatic rings. The standard InChI is InChI=1S/C22H27N3O3S/c26-22-24(14-4-7-17-5-2-1-3-6-17)21(15-25(22)23-16-29(27)28)20-12-10-19(11-13-20)18-8-9-18/h1-3,5-6,10-13,18,21,23H,4,7-9,14-16H2,(H,27,28). The third kappa shape index (κ3) is 5.04. The van der Waals surface area contributed by atoms with E-state index in [1.54, 1.807) is 0 Å². The molecule has 2 unspecified atom stereocenters. The van der Waals surface area contributed by atoms with Gasteiger partial charge in [-0.25, -0.2) is 14.4 Å². The molecule has 0 radical (unpaired) electrons. The van der Waals surface area contributed by atoms with Crippen LogP contribution in [-0.2, 0) is 17.5 Å². The zero-order chi connectivity index (χ0) is 20.2. The Kier molecular flexibility index (Phi) is 6.28. The van der Waals surface area contributed by atoms with E-state index in [2.05, 4.69) is 41.8 Å². The maximum atomic E-state index is 12.9. The molecule has 6 nitrogen and oxygen atoms in total. The van der Waals surface area contributed by atoms with E-state index >= 15 is 0 Å². The lowest BCUT2D eigenvalue weighted by molar-refractivity contribution is 0.174. The summed E-state index contributed by atoms with van der Waals surface area (Å²) in [5.41, 5.74) is 6.54. The van der Waals surface area contributed by atoms with E-state index < -0.39 is 11.1 Å². The Hall–Kier alpha value is -2.22. The molecular formula is C22H27N3O3S. The number of carbonyl (C=O) groups is 1. The molecule has 29 heavy (non-hydrogen) atoms. The van der Waals surface area contributed by atoms with Crippen molar-refractivity contribution in [3.05, 3.63) is 71.3 Å². The van der Waals surface area contributed by atoms with Gasteiger partial charge in [-0.1, -0.05) is 54.6 Å². The molecule has 0 bridgehead atoms. The molecule has 1 aliphatic heterocycles. The molecule has 2 atom stereocenters. The van der Waals surface area contributed by atoms with E-state index in [9.17, 15) is 9.00 Å². The highest BCUT2D eigenvalue weighted by Gasteiger charge is 2.38. The summed E-state index contributed by atoms with van der Waals surface area (Å²) in [4.78, 5) is 14.8. The highest BCUT2D eigenvalue weighted by atomic mass is 32.2. The van der Waals surface area contributed by atoms with Crippen molar-refractivity contribution in [1.29, 1.82) is 0 Å². The molecule has 1 aliphatic carbocycles. The van der Waals surface area contributed by atoms with E-state index in [0.29, 0.717) is 19.0 Å². The first-order valence-electron chi connectivity index (χ1n) is 10.1. The zero-order valence-electron chi connectivity index (χ0n) is 16.4. The number of nitrogens with zero attached hydrogens (tertiary/aromatic N) is 2. The van der Waals surface area contributed by atoms with Gasteiger partial charge in [-0.2, -0.15) is 0 Å². The van der Waals surface area contributed by atoms with Gasteiger partial charge in [-0.3, -0.25) is 5.01 Å². The molecule has 154 valence electrons. The number of nitrogens with one attached hydrogen (secondary N) is 1. The molecule has 1 heterocycles. The van der Waals surface area contributed by atoms with E-state index in [1.165, 1.54) is 29.0 Å². The van der Waals surface area contributed by atoms with Crippen molar-refractivity contribution >= 4 is 17.1 Å². The van der Waals surface area contributed by atoms with E-state index in [1.807, 2.05) is 23.1 Å². The van der Waals surface area contributed by atoms with Crippen LogP contribution < -0.4 is 5.43 Å². The quantitative estimate of drug-likeness (QED) is 0.616. The Morgan fingerprint density at radius 3 is 2.38 bits per heavy atom. The lowest BCUT2D eigenvalue weighted by atomic mass is 10.0. The van der Waals surface area contributed by atoms with E-state index in [0.717, 1.165) is 18.4 Å². The summed E-state index contributed by atoms with van der Waals surface area (Å²) in [5, 5.41) is 1.47. The molecular weight excluding hydrogens is 386 g/mol. The summed E-state index contributed by atoms with van der Waals surface area (Å²) < 4.78 is 20.1. The molecule has 4 rings (SSSR count). The Morgan fingerprint density at radius 2 is 1.72 bits per heavy atom. The van der Waals surface area contributed by atoms with Gasteiger partial charge in [-0.05, 0) is 48.3 Å². The van der Waals surface area contributed by atoms with Crippen LogP contribution in [0.1, 0.15) is 47.9 Å². The highest BCUT2D eigenvalue weighted by Crippen LogP contribution is 2.40. The molecule has 2 aromatic rings. The van der Waals surface area contributed by atoms with Crippen LogP contribution in [0.15, 0.2) is 54.6 Å². The molecule has 2 fully saturated rings. The summed E-state index contributed by atoms with van der Waals surface area (Å²) in [6, 6.07) is 18.7. The fourth-order valence-corrected chi connectivity index (χ4v) is 4.21. The number of urea groups is 1. The largest absolute Gasteiger partial charge is 0.335 e. The minimum absolute atomic E-state index is 0.0637. The maximum Gasteiger partial charge on any atom is 0.335 e. The average Bonchev–Trinajstić information content (AvgIpc) is 3.53. The number of rotatable bonds is 9. The van der Waals surface area contributed by atoms with Crippen molar-refractivity contribution in [2.24, 2.45) is 0 Å². The van der Waals surface area contributed by atoms with Crippen LogP contribution in [0.2, 0.25) is 0 Å². The number of carbonyl (C=O) groups excluding carboxylic acids is 1. The summed E-state index contributed by atoms with van der Waals surface area (Å²) in [7, 11) is 0. The molecule has 7 heteroatoms. The number of hydrogen-bond acceptors (Lipinski definition) is 3. The SMILES string of the molecule is O=C1N(NCS(=O)O)CC(c2ccc(C3CC3)cc2)N1CCCc1ccccc1. The topological polar surface area (TPSA) is 72.9 Å². The van der Waals surface area contributed by atoms with Crippen molar-refractivity contribution in [2.75, 3.05) is 19.0 Å². The minimum Gasteiger partial charge on any atom is -0.315 e. The Bertz CT molecular complexity index is 855. The molecule has 0 spiro atoms. The number of hydrogen-bond donors (Lipinski definition) is 2. The first-order valence-corrected chi connectivity index (χ1v) is 11.4. The van der Waals surface area contributed by atoms with Gasteiger partial charge in [0.05, 0.1) is 12.6 Å². The van der Waals surface area contributed by atoms with Crippen molar-refractivity contribution < 1.29 is 13.6 Å². The van der Waals surface area contributed by atoms with Crippen molar-refractivity contribution in [3.8, 4) is 0 Å². The third-order valence-electron chi connectivity index (χ3n) is 5.66. The minimum atomic E-state index is -2.00. The van der Waals surface area contributed by atoms with E-state index in [4.69, 9.17) is 4.55 Å². The summed E-state index contributed by atoms with van der Waals surface area (Å²) >= 11 is -2.00. The van der Waals surface area contributed by atoms with Crippen LogP contribution in [0, 0.1) is 0 Å². The molecule has 2 amide bonds. The van der Waals surface area contributed by atoms with Gasteiger partial charge in [0, 0.05) is 6.54 Å². The van der Waals surface area contributed by atoms with Crippen molar-refractivity contribution in [2.45, 2.75) is 37.6 Å². The molecule has 0 aromatic heterocycles. The van der Waals surface area contributed by atoms with Gasteiger partial charge in [0.2, 0.25) is 0 Å². The number of hydrazine groups is 1.